The van der Waals surface area contributed by atoms with Crippen LogP contribution in [0.4, 0.5) is 5.69 Å². The highest BCUT2D eigenvalue weighted by molar-refractivity contribution is 6.13. The Balaban J connectivity index is 1.95. The summed E-state index contributed by atoms with van der Waals surface area (Å²) in [7, 11) is 8.50. The fourth-order valence-corrected chi connectivity index (χ4v) is 2.76. The third kappa shape index (κ3) is 3.78. The van der Waals surface area contributed by atoms with Crippen molar-refractivity contribution in [2.75, 3.05) is 40.3 Å². The molecule has 1 aliphatic heterocycles. The van der Waals surface area contributed by atoms with Gasteiger partial charge in [0, 0.05) is 25.3 Å². The highest BCUT2D eigenvalue weighted by Gasteiger charge is 2.26. The molecular formula is C21H22N2O5. The van der Waals surface area contributed by atoms with Crippen LogP contribution < -0.4 is 19.1 Å². The van der Waals surface area contributed by atoms with Crippen LogP contribution in [0.5, 0.6) is 17.2 Å². The second kappa shape index (κ2) is 8.04. The summed E-state index contributed by atoms with van der Waals surface area (Å²) in [6.07, 6.45) is 1.69. The SMILES string of the molecule is COc1cc(C2=NC(=Cc3ccc(N(C)C)cc3)C(=O)O2)cc(OC)c1OC. The van der Waals surface area contributed by atoms with Crippen LogP contribution in [-0.4, -0.2) is 47.3 Å². The quantitative estimate of drug-likeness (QED) is 0.565. The summed E-state index contributed by atoms with van der Waals surface area (Å²) in [5, 5.41) is 0. The fourth-order valence-electron chi connectivity index (χ4n) is 2.76. The van der Waals surface area contributed by atoms with Gasteiger partial charge in [0.2, 0.25) is 11.6 Å². The maximum atomic E-state index is 12.3. The molecule has 0 atom stereocenters. The van der Waals surface area contributed by atoms with Crippen LogP contribution in [0.1, 0.15) is 11.1 Å². The molecule has 0 aliphatic carbocycles. The van der Waals surface area contributed by atoms with Crippen molar-refractivity contribution in [1.82, 2.24) is 0 Å². The minimum absolute atomic E-state index is 0.181. The molecule has 7 nitrogen and oxygen atoms in total. The van der Waals surface area contributed by atoms with Gasteiger partial charge in [-0.25, -0.2) is 9.79 Å². The molecule has 0 radical (unpaired) electrons. The minimum atomic E-state index is -0.513. The average molecular weight is 382 g/mol. The molecule has 7 heteroatoms. The first-order valence-electron chi connectivity index (χ1n) is 8.57. The van der Waals surface area contributed by atoms with E-state index in [4.69, 9.17) is 18.9 Å². The monoisotopic (exact) mass is 382 g/mol. The van der Waals surface area contributed by atoms with Crippen LogP contribution in [0.25, 0.3) is 6.08 Å². The summed E-state index contributed by atoms with van der Waals surface area (Å²) in [4.78, 5) is 18.6. The van der Waals surface area contributed by atoms with Gasteiger partial charge in [-0.3, -0.25) is 0 Å². The Labute approximate surface area is 163 Å². The van der Waals surface area contributed by atoms with E-state index in [-0.39, 0.29) is 11.6 Å². The molecule has 1 heterocycles. The molecule has 3 rings (SSSR count). The maximum Gasteiger partial charge on any atom is 0.363 e. The summed E-state index contributed by atoms with van der Waals surface area (Å²) in [5.74, 6) is 1.02. The number of hydrogen-bond donors (Lipinski definition) is 0. The van der Waals surface area contributed by atoms with Crippen molar-refractivity contribution in [1.29, 1.82) is 0 Å². The number of benzene rings is 2. The number of esters is 1. The summed E-state index contributed by atoms with van der Waals surface area (Å²) in [5.41, 5.74) is 2.70. The first-order valence-corrected chi connectivity index (χ1v) is 8.57. The Morgan fingerprint density at radius 3 is 2.07 bits per heavy atom. The number of anilines is 1. The molecule has 0 unspecified atom stereocenters. The highest BCUT2D eigenvalue weighted by atomic mass is 16.6. The van der Waals surface area contributed by atoms with E-state index >= 15 is 0 Å². The Kier molecular flexibility index (Phi) is 5.54. The van der Waals surface area contributed by atoms with Crippen LogP contribution in [-0.2, 0) is 9.53 Å². The highest BCUT2D eigenvalue weighted by Crippen LogP contribution is 2.39. The van der Waals surface area contributed by atoms with Gasteiger partial charge in [-0.1, -0.05) is 12.1 Å². The molecule has 0 saturated heterocycles. The molecule has 0 bridgehead atoms. The summed E-state index contributed by atoms with van der Waals surface area (Å²) in [6.45, 7) is 0. The van der Waals surface area contributed by atoms with Gasteiger partial charge in [0.05, 0.1) is 21.3 Å². The molecule has 146 valence electrons. The van der Waals surface area contributed by atoms with Gasteiger partial charge in [0.15, 0.2) is 17.2 Å². The topological polar surface area (TPSA) is 69.6 Å². The Morgan fingerprint density at radius 1 is 0.964 bits per heavy atom. The van der Waals surface area contributed by atoms with E-state index in [1.54, 1.807) is 18.2 Å². The second-order valence-electron chi connectivity index (χ2n) is 6.24. The van der Waals surface area contributed by atoms with Gasteiger partial charge in [-0.2, -0.15) is 0 Å². The van der Waals surface area contributed by atoms with E-state index in [0.717, 1.165) is 11.3 Å². The number of hydrogen-bond acceptors (Lipinski definition) is 7. The lowest BCUT2D eigenvalue weighted by molar-refractivity contribution is -0.129. The van der Waals surface area contributed by atoms with Crippen LogP contribution in [0.2, 0.25) is 0 Å². The zero-order chi connectivity index (χ0) is 20.3. The van der Waals surface area contributed by atoms with Crippen LogP contribution >= 0.6 is 0 Å². The number of cyclic esters (lactones) is 1. The van der Waals surface area contributed by atoms with Crippen LogP contribution in [0, 0.1) is 0 Å². The number of carbonyl (C=O) groups excluding carboxylic acids is 1. The molecule has 28 heavy (non-hydrogen) atoms. The van der Waals surface area contributed by atoms with E-state index in [2.05, 4.69) is 4.99 Å². The smallest absolute Gasteiger partial charge is 0.363 e. The normalized spacial score (nSPS) is 14.5. The standard InChI is InChI=1S/C21H22N2O5/c1-23(2)15-8-6-13(7-9-15)10-16-21(24)28-20(22-16)14-11-17(25-3)19(27-5)18(12-14)26-4/h6-12H,1-5H3. The van der Waals surface area contributed by atoms with Gasteiger partial charge in [0.1, 0.15) is 0 Å². The van der Waals surface area contributed by atoms with Crippen molar-refractivity contribution in [3.05, 3.63) is 53.2 Å². The number of ether oxygens (including phenoxy) is 4. The van der Waals surface area contributed by atoms with Gasteiger partial charge in [-0.05, 0) is 35.9 Å². The zero-order valence-corrected chi connectivity index (χ0v) is 16.5. The molecule has 0 spiro atoms. The summed E-state index contributed by atoms with van der Waals surface area (Å²) >= 11 is 0. The summed E-state index contributed by atoms with van der Waals surface area (Å²) < 4.78 is 21.3. The van der Waals surface area contributed by atoms with E-state index in [1.165, 1.54) is 21.3 Å². The summed E-state index contributed by atoms with van der Waals surface area (Å²) in [6, 6.07) is 11.1. The molecule has 0 fully saturated rings. The molecule has 0 N–H and O–H groups in total. The van der Waals surface area contributed by atoms with Crippen molar-refractivity contribution in [3.63, 3.8) is 0 Å². The molecule has 0 aromatic heterocycles. The molecular weight excluding hydrogens is 360 g/mol. The van der Waals surface area contributed by atoms with Crippen molar-refractivity contribution in [2.24, 2.45) is 4.99 Å². The lowest BCUT2D eigenvalue weighted by Crippen LogP contribution is -2.08. The maximum absolute atomic E-state index is 12.3. The third-order valence-corrected chi connectivity index (χ3v) is 4.25. The van der Waals surface area contributed by atoms with E-state index < -0.39 is 5.97 Å². The predicted octanol–water partition coefficient (Wildman–Crippen LogP) is 3.12. The largest absolute Gasteiger partial charge is 0.493 e. The van der Waals surface area contributed by atoms with Crippen LogP contribution in [0.3, 0.4) is 0 Å². The Bertz CT molecular complexity index is 921. The molecule has 2 aromatic carbocycles. The van der Waals surface area contributed by atoms with Gasteiger partial charge in [0.25, 0.3) is 0 Å². The van der Waals surface area contributed by atoms with Crippen LogP contribution in [0.15, 0.2) is 47.1 Å². The van der Waals surface area contributed by atoms with Gasteiger partial charge >= 0.3 is 5.97 Å². The first kappa shape index (κ1) is 19.3. The molecule has 0 saturated carbocycles. The number of nitrogens with zero attached hydrogens (tertiary/aromatic N) is 2. The number of carbonyl (C=O) groups is 1. The second-order valence-corrected chi connectivity index (χ2v) is 6.24. The van der Waals surface area contributed by atoms with E-state index in [0.29, 0.717) is 22.8 Å². The Morgan fingerprint density at radius 2 is 1.57 bits per heavy atom. The molecule has 1 aliphatic rings. The predicted molar refractivity (Wildman–Crippen MR) is 107 cm³/mol. The van der Waals surface area contributed by atoms with Crippen molar-refractivity contribution >= 4 is 23.6 Å². The lowest BCUT2D eigenvalue weighted by Gasteiger charge is -2.13. The average Bonchev–Trinajstić information content (AvgIpc) is 3.07. The van der Waals surface area contributed by atoms with Gasteiger partial charge < -0.3 is 23.8 Å². The lowest BCUT2D eigenvalue weighted by atomic mass is 10.1. The molecule has 2 aromatic rings. The first-order chi connectivity index (χ1) is 13.5. The number of aliphatic imine (C=N–C) groups is 1. The van der Waals surface area contributed by atoms with E-state index in [9.17, 15) is 4.79 Å². The molecule has 0 amide bonds. The fraction of sp³-hybridized carbons (Fsp3) is 0.238. The van der Waals surface area contributed by atoms with Crippen molar-refractivity contribution in [2.45, 2.75) is 0 Å². The zero-order valence-electron chi connectivity index (χ0n) is 16.5. The van der Waals surface area contributed by atoms with E-state index in [1.807, 2.05) is 43.3 Å². The van der Waals surface area contributed by atoms with Crippen molar-refractivity contribution in [3.8, 4) is 17.2 Å². The number of rotatable bonds is 6. The minimum Gasteiger partial charge on any atom is -0.493 e. The third-order valence-electron chi connectivity index (χ3n) is 4.25. The number of methoxy groups -OCH3 is 3. The Hall–Kier alpha value is -3.48. The van der Waals surface area contributed by atoms with Crippen molar-refractivity contribution < 1.29 is 23.7 Å². The van der Waals surface area contributed by atoms with Gasteiger partial charge in [-0.15, -0.1) is 0 Å².